The molecule has 2 N–H and O–H groups in total. The molecule has 0 aliphatic carbocycles. The first-order chi connectivity index (χ1) is 39.5. The second kappa shape index (κ2) is 26.0. The highest BCUT2D eigenvalue weighted by Crippen LogP contribution is 2.34. The number of benzene rings is 4. The lowest BCUT2D eigenvalue weighted by atomic mass is 10.0. The van der Waals surface area contributed by atoms with E-state index in [-0.39, 0.29) is 118 Å². The van der Waals surface area contributed by atoms with Crippen molar-refractivity contribution in [3.63, 3.8) is 0 Å². The van der Waals surface area contributed by atoms with Crippen molar-refractivity contribution in [2.24, 2.45) is 0 Å². The zero-order valence-electron chi connectivity index (χ0n) is 43.5. The SMILES string of the molecule is COCCn1c(Cc2cc(F)c(-c3cccc(OCc4nnc(OC)s4)n3)cc2Cl)nc2c(F)cc(C(=O)O)cc21.COCCn1c(Cc2cc(F)c(-c3cccc(OCc4nnc(OC)s4)n3)cc2Cl)nc2c(F)cc(C(=O)O)cc21. The largest absolute Gasteiger partial charge is 0.478 e. The van der Waals surface area contributed by atoms with Crippen molar-refractivity contribution in [1.29, 1.82) is 0 Å². The van der Waals surface area contributed by atoms with Crippen molar-refractivity contribution in [3.05, 3.63) is 162 Å². The topological polar surface area (TPSA) is 243 Å². The fourth-order valence-corrected chi connectivity index (χ4v) is 9.93. The first kappa shape index (κ1) is 58.3. The fraction of sp³-hybridized carbons (Fsp3) is 0.222. The summed E-state index contributed by atoms with van der Waals surface area (Å²) in [6.45, 7) is 1.27. The molecule has 0 saturated carbocycles. The molecule has 82 heavy (non-hydrogen) atoms. The molecule has 6 heterocycles. The summed E-state index contributed by atoms with van der Waals surface area (Å²) in [6, 6.07) is 19.9. The van der Waals surface area contributed by atoms with Crippen LogP contribution in [-0.2, 0) is 48.6 Å². The second-order valence-electron chi connectivity index (χ2n) is 17.4. The number of aromatic carboxylic acids is 2. The van der Waals surface area contributed by atoms with E-state index in [0.29, 0.717) is 54.6 Å². The lowest BCUT2D eigenvalue weighted by Gasteiger charge is -2.12. The summed E-state index contributed by atoms with van der Waals surface area (Å²) < 4.78 is 95.4. The molecule has 0 radical (unpaired) electrons. The van der Waals surface area contributed by atoms with E-state index in [1.54, 1.807) is 45.5 Å². The van der Waals surface area contributed by atoms with Crippen LogP contribution in [0, 0.1) is 23.3 Å². The van der Waals surface area contributed by atoms with Crippen molar-refractivity contribution in [1.82, 2.24) is 49.5 Å². The summed E-state index contributed by atoms with van der Waals surface area (Å²) in [7, 11) is 6.01. The highest BCUT2D eigenvalue weighted by atomic mass is 35.5. The van der Waals surface area contributed by atoms with Crippen molar-refractivity contribution >= 4 is 79.9 Å². The lowest BCUT2D eigenvalue weighted by Crippen LogP contribution is -2.10. The average Bonchev–Trinajstić information content (AvgIpc) is 4.42. The quantitative estimate of drug-likeness (QED) is 0.0599. The van der Waals surface area contributed by atoms with Gasteiger partial charge in [0.1, 0.15) is 47.5 Å². The number of fused-ring (bicyclic) bond motifs is 2. The van der Waals surface area contributed by atoms with E-state index in [1.807, 2.05) is 0 Å². The van der Waals surface area contributed by atoms with Gasteiger partial charge < -0.3 is 47.8 Å². The van der Waals surface area contributed by atoms with Gasteiger partial charge in [-0.25, -0.2) is 47.1 Å². The Labute approximate surface area is 480 Å². The van der Waals surface area contributed by atoms with E-state index in [4.69, 9.17) is 51.6 Å². The van der Waals surface area contributed by atoms with Gasteiger partial charge in [0, 0.05) is 73.5 Å². The van der Waals surface area contributed by atoms with Gasteiger partial charge in [0.25, 0.3) is 10.4 Å². The molecule has 0 amide bonds. The number of carboxylic acids is 2. The van der Waals surface area contributed by atoms with Gasteiger partial charge in [-0.05, 0) is 71.8 Å². The van der Waals surface area contributed by atoms with E-state index >= 15 is 8.78 Å². The number of pyridine rings is 2. The minimum atomic E-state index is -1.27. The summed E-state index contributed by atoms with van der Waals surface area (Å²) in [5.41, 5.74) is 1.88. The maximum absolute atomic E-state index is 15.4. The number of hydrogen-bond donors (Lipinski definition) is 2. The number of methoxy groups -OCH3 is 4. The van der Waals surface area contributed by atoms with Crippen LogP contribution in [0.25, 0.3) is 44.6 Å². The Morgan fingerprint density at radius 1 is 0.549 bits per heavy atom. The van der Waals surface area contributed by atoms with Crippen LogP contribution < -0.4 is 18.9 Å². The molecular formula is C54H44Cl2F4N10O10S2. The molecule has 0 spiro atoms. The van der Waals surface area contributed by atoms with E-state index < -0.39 is 35.2 Å². The number of imidazole rings is 2. The Morgan fingerprint density at radius 2 is 0.963 bits per heavy atom. The third kappa shape index (κ3) is 13.3. The molecule has 10 rings (SSSR count). The molecule has 0 saturated heterocycles. The van der Waals surface area contributed by atoms with Crippen molar-refractivity contribution < 1.29 is 65.8 Å². The Morgan fingerprint density at radius 3 is 1.33 bits per heavy atom. The zero-order chi connectivity index (χ0) is 58.2. The van der Waals surface area contributed by atoms with Gasteiger partial charge in [-0.1, -0.05) is 68.2 Å². The number of ether oxygens (including phenoxy) is 6. The van der Waals surface area contributed by atoms with Crippen LogP contribution in [0.5, 0.6) is 22.1 Å². The van der Waals surface area contributed by atoms with E-state index in [1.165, 1.54) is 87.5 Å². The molecule has 424 valence electrons. The van der Waals surface area contributed by atoms with Gasteiger partial charge >= 0.3 is 11.9 Å². The zero-order valence-corrected chi connectivity index (χ0v) is 46.6. The van der Waals surface area contributed by atoms with Crippen LogP contribution in [0.15, 0.2) is 84.9 Å². The van der Waals surface area contributed by atoms with Gasteiger partial charge in [0.15, 0.2) is 21.6 Å². The summed E-state index contributed by atoms with van der Waals surface area (Å²) in [5.74, 6) is -4.00. The predicted molar refractivity (Wildman–Crippen MR) is 294 cm³/mol. The van der Waals surface area contributed by atoms with E-state index in [9.17, 15) is 28.6 Å². The monoisotopic (exact) mass is 1200 g/mol. The van der Waals surface area contributed by atoms with E-state index in [0.717, 1.165) is 12.1 Å². The third-order valence-electron chi connectivity index (χ3n) is 12.2. The highest BCUT2D eigenvalue weighted by molar-refractivity contribution is 7.13. The van der Waals surface area contributed by atoms with Gasteiger partial charge in [-0.3, -0.25) is 0 Å². The number of carboxylic acid groups (broad SMARTS) is 2. The van der Waals surface area contributed by atoms with Crippen molar-refractivity contribution in [2.75, 3.05) is 41.7 Å². The minimum absolute atomic E-state index is 0.00214. The Balaban J connectivity index is 0.000000198. The summed E-state index contributed by atoms with van der Waals surface area (Å²) in [5, 5.41) is 36.8. The highest BCUT2D eigenvalue weighted by Gasteiger charge is 2.23. The second-order valence-corrected chi connectivity index (χ2v) is 20.3. The first-order valence-corrected chi connectivity index (χ1v) is 26.6. The van der Waals surface area contributed by atoms with Crippen molar-refractivity contribution in [3.8, 4) is 44.7 Å². The maximum Gasteiger partial charge on any atom is 0.335 e. The van der Waals surface area contributed by atoms with Gasteiger partial charge in [0.2, 0.25) is 11.8 Å². The molecule has 0 aliphatic rings. The number of nitrogens with zero attached hydrogens (tertiary/aromatic N) is 10. The smallest absolute Gasteiger partial charge is 0.335 e. The van der Waals surface area contributed by atoms with Crippen LogP contribution in [0.2, 0.25) is 10.0 Å². The maximum atomic E-state index is 15.4. The number of rotatable bonds is 22. The molecule has 0 atom stereocenters. The van der Waals surface area contributed by atoms with E-state index in [2.05, 4.69) is 40.3 Å². The summed E-state index contributed by atoms with van der Waals surface area (Å²) in [4.78, 5) is 40.5. The lowest BCUT2D eigenvalue weighted by molar-refractivity contribution is 0.0686. The molecule has 0 aliphatic heterocycles. The molecule has 28 heteroatoms. The summed E-state index contributed by atoms with van der Waals surface area (Å²) in [6.07, 6.45) is 0.107. The average molecular weight is 1200 g/mol. The predicted octanol–water partition coefficient (Wildman–Crippen LogP) is 10.8. The van der Waals surface area contributed by atoms with Crippen LogP contribution >= 0.6 is 45.9 Å². The van der Waals surface area contributed by atoms with Crippen molar-refractivity contribution in [2.45, 2.75) is 39.1 Å². The number of hydrogen-bond acceptors (Lipinski definition) is 18. The molecule has 0 fully saturated rings. The van der Waals surface area contributed by atoms with Gasteiger partial charge in [-0.2, -0.15) is 0 Å². The number of halogens is 6. The van der Waals surface area contributed by atoms with Gasteiger partial charge in [-0.15, -0.1) is 10.2 Å². The third-order valence-corrected chi connectivity index (χ3v) is 14.6. The Kier molecular flexibility index (Phi) is 18.5. The van der Waals surface area contributed by atoms with Crippen LogP contribution in [0.3, 0.4) is 0 Å². The number of aromatic nitrogens is 10. The van der Waals surface area contributed by atoms with Crippen LogP contribution in [-0.4, -0.2) is 113 Å². The molecular weight excluding hydrogens is 1160 g/mol. The molecule has 6 aromatic heterocycles. The molecule has 0 bridgehead atoms. The first-order valence-electron chi connectivity index (χ1n) is 24.2. The minimum Gasteiger partial charge on any atom is -0.478 e. The standard InChI is InChI=1S/2C27H22ClF2N5O5S/c2*1-38-7-6-35-21-10-15(26(36)37)9-19(30)25(21)32-22(35)11-14-8-18(29)16(12-17(14)28)20-4-3-5-23(31-20)40-13-24-33-34-27(39-2)41-24/h2*3-5,8-10,12H,6-7,11,13H2,1-2H3,(H,36,37). The Hall–Kier alpha value is -8.40. The number of carbonyl (C=O) groups is 2. The molecule has 10 aromatic rings. The van der Waals surface area contributed by atoms with Crippen LogP contribution in [0.1, 0.15) is 53.5 Å². The Bertz CT molecular complexity index is 3740. The van der Waals surface area contributed by atoms with Crippen LogP contribution in [0.4, 0.5) is 17.6 Å². The molecule has 4 aromatic carbocycles. The molecule has 20 nitrogen and oxygen atoms in total. The van der Waals surface area contributed by atoms with Gasteiger partial charge in [0.05, 0.1) is 61.0 Å². The fourth-order valence-electron chi connectivity index (χ4n) is 8.34. The summed E-state index contributed by atoms with van der Waals surface area (Å²) >= 11 is 15.6. The molecule has 0 unspecified atom stereocenters. The normalized spacial score (nSPS) is 11.2.